The molecule has 2 fully saturated rings. The fraction of sp³-hybridized carbons (Fsp3) is 0.600. The zero-order chi connectivity index (χ0) is 24.3. The van der Waals surface area contributed by atoms with E-state index >= 15 is 0 Å². The molecule has 0 bridgehead atoms. The molecule has 0 aliphatic heterocycles. The van der Waals surface area contributed by atoms with E-state index in [4.69, 9.17) is 9.47 Å². The number of Topliss-reactive ketones (excluding diaryl/α,β-unsaturated/α-hetero) is 1. The smallest absolute Gasteiger partial charge is 0.316 e. The number of fused-ring (bicyclic) bond motifs is 5. The van der Waals surface area contributed by atoms with Crippen molar-refractivity contribution in [3.63, 3.8) is 0 Å². The first-order valence-electron chi connectivity index (χ1n) is 13.0. The standard InChI is InChI=1S/C30H38O4/c1-29(2,3)28(32)34-26-8-6-7-25(31)27(26)24-14-13-23-22-11-9-18-17-19(33-5)10-12-20(18)21(22)15-16-30(23,24)4/h8,10,12,17,21-23H,6-7,9,11,13-16H2,1-5H3/b27-24-/t21-,22-,23+,30+/m1/s1. The molecule has 0 spiro atoms. The van der Waals surface area contributed by atoms with Gasteiger partial charge in [0.15, 0.2) is 5.78 Å². The molecule has 0 unspecified atom stereocenters. The second-order valence-corrected chi connectivity index (χ2v) is 12.0. The molecule has 5 rings (SSSR count). The van der Waals surface area contributed by atoms with Crippen LogP contribution in [-0.4, -0.2) is 18.9 Å². The topological polar surface area (TPSA) is 52.6 Å². The van der Waals surface area contributed by atoms with Crippen LogP contribution in [0.1, 0.15) is 89.7 Å². The van der Waals surface area contributed by atoms with Gasteiger partial charge in [0.05, 0.1) is 18.1 Å². The van der Waals surface area contributed by atoms with Gasteiger partial charge < -0.3 is 9.47 Å². The molecule has 0 N–H and O–H groups in total. The van der Waals surface area contributed by atoms with E-state index in [1.54, 1.807) is 7.11 Å². The number of hydrogen-bond donors (Lipinski definition) is 0. The Morgan fingerprint density at radius 2 is 1.88 bits per heavy atom. The van der Waals surface area contributed by atoms with Crippen LogP contribution in [0.5, 0.6) is 5.75 Å². The molecule has 34 heavy (non-hydrogen) atoms. The van der Waals surface area contributed by atoms with Crippen molar-refractivity contribution in [1.29, 1.82) is 0 Å². The number of hydrogen-bond acceptors (Lipinski definition) is 4. The van der Waals surface area contributed by atoms with Crippen LogP contribution < -0.4 is 4.74 Å². The predicted molar refractivity (Wildman–Crippen MR) is 133 cm³/mol. The summed E-state index contributed by atoms with van der Waals surface area (Å²) in [5.74, 6) is 3.16. The Kier molecular flexibility index (Phi) is 5.77. The van der Waals surface area contributed by atoms with Gasteiger partial charge in [-0.05, 0) is 124 Å². The Balaban J connectivity index is 1.48. The van der Waals surface area contributed by atoms with E-state index in [0.29, 0.717) is 36.4 Å². The number of allylic oxidation sites excluding steroid dienone is 3. The molecule has 0 radical (unpaired) electrons. The number of benzene rings is 1. The van der Waals surface area contributed by atoms with Crippen molar-refractivity contribution in [3.8, 4) is 5.75 Å². The van der Waals surface area contributed by atoms with E-state index in [0.717, 1.165) is 43.4 Å². The van der Waals surface area contributed by atoms with E-state index in [1.807, 2.05) is 26.8 Å². The van der Waals surface area contributed by atoms with Crippen LogP contribution in [0.15, 0.2) is 41.2 Å². The summed E-state index contributed by atoms with van der Waals surface area (Å²) in [6, 6.07) is 6.63. The van der Waals surface area contributed by atoms with E-state index in [9.17, 15) is 9.59 Å². The molecule has 0 saturated heterocycles. The molecular weight excluding hydrogens is 424 g/mol. The van der Waals surface area contributed by atoms with E-state index in [2.05, 4.69) is 25.1 Å². The van der Waals surface area contributed by atoms with Crippen LogP contribution in [0.25, 0.3) is 0 Å². The Morgan fingerprint density at radius 1 is 1.09 bits per heavy atom. The van der Waals surface area contributed by atoms with Gasteiger partial charge in [-0.2, -0.15) is 0 Å². The number of carbonyl (C=O) groups is 2. The molecule has 0 amide bonds. The lowest BCUT2D eigenvalue weighted by Gasteiger charge is -2.50. The minimum absolute atomic E-state index is 0.000698. The largest absolute Gasteiger partial charge is 0.497 e. The van der Waals surface area contributed by atoms with Crippen LogP contribution in [0.4, 0.5) is 0 Å². The number of aryl methyl sites for hydroxylation is 1. The van der Waals surface area contributed by atoms with Gasteiger partial charge in [-0.1, -0.05) is 13.0 Å². The van der Waals surface area contributed by atoms with Crippen molar-refractivity contribution in [2.45, 2.75) is 85.0 Å². The second kappa shape index (κ2) is 8.39. The van der Waals surface area contributed by atoms with Crippen LogP contribution >= 0.6 is 0 Å². The summed E-state index contributed by atoms with van der Waals surface area (Å²) in [5, 5.41) is 0. The van der Waals surface area contributed by atoms with Crippen molar-refractivity contribution in [2.24, 2.45) is 22.7 Å². The third-order valence-electron chi connectivity index (χ3n) is 9.06. The van der Waals surface area contributed by atoms with E-state index in [-0.39, 0.29) is 17.2 Å². The lowest BCUT2D eigenvalue weighted by atomic mass is 9.54. The highest BCUT2D eigenvalue weighted by atomic mass is 16.5. The van der Waals surface area contributed by atoms with Crippen LogP contribution in [0, 0.1) is 22.7 Å². The maximum atomic E-state index is 13.2. The molecule has 0 aromatic heterocycles. The molecule has 2 saturated carbocycles. The van der Waals surface area contributed by atoms with Crippen molar-refractivity contribution < 1.29 is 19.1 Å². The van der Waals surface area contributed by atoms with Crippen molar-refractivity contribution in [2.75, 3.05) is 7.11 Å². The number of ketones is 1. The summed E-state index contributed by atoms with van der Waals surface area (Å²) in [4.78, 5) is 26.0. The van der Waals surface area contributed by atoms with Gasteiger partial charge in [-0.25, -0.2) is 0 Å². The zero-order valence-electron chi connectivity index (χ0n) is 21.3. The Morgan fingerprint density at radius 3 is 2.62 bits per heavy atom. The Bertz CT molecular complexity index is 1090. The number of rotatable bonds is 2. The monoisotopic (exact) mass is 462 g/mol. The first kappa shape index (κ1) is 23.4. The predicted octanol–water partition coefficient (Wildman–Crippen LogP) is 6.68. The number of methoxy groups -OCH3 is 1. The summed E-state index contributed by atoms with van der Waals surface area (Å²) >= 11 is 0. The van der Waals surface area contributed by atoms with Gasteiger partial charge in [-0.15, -0.1) is 0 Å². The summed E-state index contributed by atoms with van der Waals surface area (Å²) < 4.78 is 11.4. The van der Waals surface area contributed by atoms with E-state index in [1.165, 1.54) is 23.1 Å². The van der Waals surface area contributed by atoms with E-state index < -0.39 is 5.41 Å². The lowest BCUT2D eigenvalue weighted by molar-refractivity contribution is -0.148. The van der Waals surface area contributed by atoms with Crippen molar-refractivity contribution in [3.05, 3.63) is 52.3 Å². The minimum atomic E-state index is -0.602. The minimum Gasteiger partial charge on any atom is -0.497 e. The molecule has 4 aliphatic carbocycles. The van der Waals surface area contributed by atoms with Crippen LogP contribution in [0.3, 0.4) is 0 Å². The first-order chi connectivity index (χ1) is 16.1. The average Bonchev–Trinajstić information content (AvgIpc) is 3.14. The summed E-state index contributed by atoms with van der Waals surface area (Å²) in [7, 11) is 1.74. The Labute approximate surface area is 203 Å². The maximum Gasteiger partial charge on any atom is 0.316 e. The molecule has 1 aromatic carbocycles. The van der Waals surface area contributed by atoms with Crippen LogP contribution in [0.2, 0.25) is 0 Å². The van der Waals surface area contributed by atoms with Gasteiger partial charge in [-0.3, -0.25) is 9.59 Å². The van der Waals surface area contributed by atoms with Crippen molar-refractivity contribution in [1.82, 2.24) is 0 Å². The normalized spacial score (nSPS) is 32.9. The fourth-order valence-corrected chi connectivity index (χ4v) is 7.27. The molecule has 182 valence electrons. The third kappa shape index (κ3) is 3.74. The number of esters is 1. The molecule has 0 heterocycles. The highest BCUT2D eigenvalue weighted by Crippen LogP contribution is 2.64. The lowest BCUT2D eigenvalue weighted by Crippen LogP contribution is -2.41. The summed E-state index contributed by atoms with van der Waals surface area (Å²) in [6.07, 6.45) is 9.70. The fourth-order valence-electron chi connectivity index (χ4n) is 7.27. The van der Waals surface area contributed by atoms with Crippen molar-refractivity contribution >= 4 is 11.8 Å². The number of ether oxygens (including phenoxy) is 2. The van der Waals surface area contributed by atoms with Gasteiger partial charge >= 0.3 is 5.97 Å². The van der Waals surface area contributed by atoms with Gasteiger partial charge in [0, 0.05) is 6.42 Å². The molecule has 4 heteroatoms. The summed E-state index contributed by atoms with van der Waals surface area (Å²) in [5.41, 5.74) is 4.34. The quantitative estimate of drug-likeness (QED) is 0.363. The summed E-state index contributed by atoms with van der Waals surface area (Å²) in [6.45, 7) is 7.96. The Hall–Kier alpha value is -2.36. The SMILES string of the molecule is COc1ccc2c(c1)CC[C@@H]1[C@@H]2CC[C@]2(C)/C(=C3/C(=O)CCC=C3OC(=O)C(C)(C)C)CC[C@@H]12. The van der Waals surface area contributed by atoms with Gasteiger partial charge in [0.2, 0.25) is 0 Å². The molecular formula is C30H38O4. The highest BCUT2D eigenvalue weighted by molar-refractivity contribution is 6.01. The van der Waals surface area contributed by atoms with Gasteiger partial charge in [0.25, 0.3) is 0 Å². The third-order valence-corrected chi connectivity index (χ3v) is 9.06. The first-order valence-corrected chi connectivity index (χ1v) is 13.0. The average molecular weight is 463 g/mol. The molecule has 1 aromatic rings. The molecule has 4 aliphatic rings. The second-order valence-electron chi connectivity index (χ2n) is 12.0. The molecule has 4 atom stereocenters. The zero-order valence-corrected chi connectivity index (χ0v) is 21.3. The number of carbonyl (C=O) groups excluding carboxylic acids is 2. The van der Waals surface area contributed by atoms with Gasteiger partial charge in [0.1, 0.15) is 11.5 Å². The molecule has 4 nitrogen and oxygen atoms in total. The van der Waals surface area contributed by atoms with Crippen LogP contribution in [-0.2, 0) is 20.7 Å². The highest BCUT2D eigenvalue weighted by Gasteiger charge is 2.54. The maximum absolute atomic E-state index is 13.2.